The standard InChI is InChI=1S/C20H19N5/c1-20(2,21)15-7-5-14(6-8-15)18-17-9-11-25(19(17)24-13-23-18)16-4-3-10-22-12-16/h3-13H,21H2,1-2H3. The monoisotopic (exact) mass is 329 g/mol. The van der Waals surface area contributed by atoms with Gasteiger partial charge in [0, 0.05) is 28.9 Å². The first-order valence-corrected chi connectivity index (χ1v) is 8.16. The predicted molar refractivity (Wildman–Crippen MR) is 99.3 cm³/mol. The number of benzene rings is 1. The number of nitrogens with zero attached hydrogens (tertiary/aromatic N) is 4. The van der Waals surface area contributed by atoms with Gasteiger partial charge < -0.3 is 5.73 Å². The SMILES string of the molecule is CC(C)(N)c1ccc(-c2ncnc3c2ccn3-c2cccnc2)cc1. The average molecular weight is 329 g/mol. The normalized spacial score (nSPS) is 11.8. The van der Waals surface area contributed by atoms with Crippen LogP contribution in [0.25, 0.3) is 28.0 Å². The van der Waals surface area contributed by atoms with Crippen molar-refractivity contribution >= 4 is 11.0 Å². The van der Waals surface area contributed by atoms with Crippen LogP contribution in [-0.4, -0.2) is 19.5 Å². The summed E-state index contributed by atoms with van der Waals surface area (Å²) >= 11 is 0. The van der Waals surface area contributed by atoms with Gasteiger partial charge in [0.2, 0.25) is 0 Å². The quantitative estimate of drug-likeness (QED) is 0.622. The van der Waals surface area contributed by atoms with E-state index >= 15 is 0 Å². The summed E-state index contributed by atoms with van der Waals surface area (Å²) in [4.78, 5) is 13.2. The molecule has 0 atom stereocenters. The first-order chi connectivity index (χ1) is 12.0. The maximum absolute atomic E-state index is 6.17. The molecule has 0 spiro atoms. The minimum Gasteiger partial charge on any atom is -0.322 e. The lowest BCUT2D eigenvalue weighted by Gasteiger charge is -2.19. The van der Waals surface area contributed by atoms with Crippen molar-refractivity contribution in [3.63, 3.8) is 0 Å². The second-order valence-corrected chi connectivity index (χ2v) is 6.66. The number of aromatic nitrogens is 4. The molecule has 0 saturated heterocycles. The van der Waals surface area contributed by atoms with Gasteiger partial charge in [0.1, 0.15) is 12.0 Å². The third-order valence-electron chi connectivity index (χ3n) is 4.31. The summed E-state index contributed by atoms with van der Waals surface area (Å²) in [7, 11) is 0. The summed E-state index contributed by atoms with van der Waals surface area (Å²) in [5.41, 5.74) is 10.7. The molecule has 0 amide bonds. The molecule has 4 rings (SSSR count). The molecular formula is C20H19N5. The van der Waals surface area contributed by atoms with E-state index in [9.17, 15) is 0 Å². The number of pyridine rings is 1. The maximum Gasteiger partial charge on any atom is 0.148 e. The van der Waals surface area contributed by atoms with Crippen LogP contribution in [0.1, 0.15) is 19.4 Å². The van der Waals surface area contributed by atoms with Crippen molar-refractivity contribution in [2.24, 2.45) is 5.73 Å². The molecule has 4 aromatic rings. The third-order valence-corrected chi connectivity index (χ3v) is 4.31. The first kappa shape index (κ1) is 15.5. The second kappa shape index (κ2) is 5.79. The molecule has 0 fully saturated rings. The highest BCUT2D eigenvalue weighted by molar-refractivity contribution is 5.91. The van der Waals surface area contributed by atoms with Gasteiger partial charge in [-0.25, -0.2) is 9.97 Å². The van der Waals surface area contributed by atoms with E-state index in [1.807, 2.05) is 49.0 Å². The first-order valence-electron chi connectivity index (χ1n) is 8.16. The fraction of sp³-hybridized carbons (Fsp3) is 0.150. The Bertz CT molecular complexity index is 1010. The van der Waals surface area contributed by atoms with Crippen LogP contribution in [-0.2, 0) is 5.54 Å². The lowest BCUT2D eigenvalue weighted by Crippen LogP contribution is -2.28. The minimum atomic E-state index is -0.358. The molecule has 0 radical (unpaired) electrons. The highest BCUT2D eigenvalue weighted by Gasteiger charge is 2.15. The Morgan fingerprint density at radius 2 is 1.80 bits per heavy atom. The molecule has 0 unspecified atom stereocenters. The highest BCUT2D eigenvalue weighted by atomic mass is 15.1. The van der Waals surface area contributed by atoms with Crippen molar-refractivity contribution in [1.29, 1.82) is 0 Å². The Morgan fingerprint density at radius 3 is 2.48 bits per heavy atom. The Kier molecular flexibility index (Phi) is 3.58. The Morgan fingerprint density at radius 1 is 1.00 bits per heavy atom. The van der Waals surface area contributed by atoms with Gasteiger partial charge in [-0.2, -0.15) is 0 Å². The van der Waals surface area contributed by atoms with E-state index in [1.165, 1.54) is 0 Å². The molecule has 1 aromatic carbocycles. The molecule has 0 bridgehead atoms. The molecule has 0 aliphatic rings. The van der Waals surface area contributed by atoms with Crippen molar-refractivity contribution < 1.29 is 0 Å². The molecule has 2 N–H and O–H groups in total. The van der Waals surface area contributed by atoms with Crippen molar-refractivity contribution in [3.8, 4) is 16.9 Å². The molecule has 0 aliphatic carbocycles. The van der Waals surface area contributed by atoms with Crippen molar-refractivity contribution in [3.05, 3.63) is 72.9 Å². The fourth-order valence-electron chi connectivity index (χ4n) is 2.94. The van der Waals surface area contributed by atoms with E-state index in [0.717, 1.165) is 33.5 Å². The second-order valence-electron chi connectivity index (χ2n) is 6.66. The molecule has 3 heterocycles. The summed E-state index contributed by atoms with van der Waals surface area (Å²) in [6.45, 7) is 4.00. The van der Waals surface area contributed by atoms with E-state index in [2.05, 4.69) is 39.2 Å². The average Bonchev–Trinajstić information content (AvgIpc) is 3.06. The highest BCUT2D eigenvalue weighted by Crippen LogP contribution is 2.29. The summed E-state index contributed by atoms with van der Waals surface area (Å²) in [5, 5.41) is 1.01. The van der Waals surface area contributed by atoms with E-state index in [4.69, 9.17) is 5.73 Å². The molecule has 3 aromatic heterocycles. The van der Waals surface area contributed by atoms with Crippen LogP contribution < -0.4 is 5.73 Å². The van der Waals surface area contributed by atoms with Crippen LogP contribution in [0, 0.1) is 0 Å². The van der Waals surface area contributed by atoms with Crippen LogP contribution in [0.5, 0.6) is 0 Å². The van der Waals surface area contributed by atoms with Gasteiger partial charge in [-0.3, -0.25) is 9.55 Å². The minimum absolute atomic E-state index is 0.358. The molecule has 5 nitrogen and oxygen atoms in total. The fourth-order valence-corrected chi connectivity index (χ4v) is 2.94. The largest absolute Gasteiger partial charge is 0.322 e. The van der Waals surface area contributed by atoms with Gasteiger partial charge in [-0.1, -0.05) is 24.3 Å². The van der Waals surface area contributed by atoms with Crippen LogP contribution in [0.4, 0.5) is 0 Å². The number of hydrogen-bond donors (Lipinski definition) is 1. The topological polar surface area (TPSA) is 69.6 Å². The van der Waals surface area contributed by atoms with Gasteiger partial charge in [0.25, 0.3) is 0 Å². The van der Waals surface area contributed by atoms with E-state index in [1.54, 1.807) is 12.5 Å². The summed E-state index contributed by atoms with van der Waals surface area (Å²) in [6, 6.07) is 14.2. The predicted octanol–water partition coefficient (Wildman–Crippen LogP) is 3.68. The lowest BCUT2D eigenvalue weighted by molar-refractivity contribution is 0.554. The molecule has 5 heteroatoms. The van der Waals surface area contributed by atoms with Crippen molar-refractivity contribution in [1.82, 2.24) is 19.5 Å². The number of nitrogens with two attached hydrogens (primary N) is 1. The van der Waals surface area contributed by atoms with Crippen LogP contribution in [0.15, 0.2) is 67.4 Å². The van der Waals surface area contributed by atoms with Gasteiger partial charge in [-0.05, 0) is 37.6 Å². The number of hydrogen-bond acceptors (Lipinski definition) is 4. The van der Waals surface area contributed by atoms with E-state index < -0.39 is 0 Å². The van der Waals surface area contributed by atoms with Crippen molar-refractivity contribution in [2.75, 3.05) is 0 Å². The molecular weight excluding hydrogens is 310 g/mol. The van der Waals surface area contributed by atoms with Crippen LogP contribution in [0.2, 0.25) is 0 Å². The van der Waals surface area contributed by atoms with Gasteiger partial charge in [0.05, 0.1) is 17.6 Å². The zero-order chi connectivity index (χ0) is 17.4. The number of fused-ring (bicyclic) bond motifs is 1. The zero-order valence-corrected chi connectivity index (χ0v) is 14.2. The van der Waals surface area contributed by atoms with Crippen LogP contribution >= 0.6 is 0 Å². The maximum atomic E-state index is 6.17. The van der Waals surface area contributed by atoms with E-state index in [0.29, 0.717) is 0 Å². The number of rotatable bonds is 3. The lowest BCUT2D eigenvalue weighted by atomic mass is 9.94. The van der Waals surface area contributed by atoms with Gasteiger partial charge in [-0.15, -0.1) is 0 Å². The zero-order valence-electron chi connectivity index (χ0n) is 14.2. The smallest absolute Gasteiger partial charge is 0.148 e. The van der Waals surface area contributed by atoms with Gasteiger partial charge >= 0.3 is 0 Å². The Labute approximate surface area is 146 Å². The summed E-state index contributed by atoms with van der Waals surface area (Å²) < 4.78 is 2.02. The molecule has 0 saturated carbocycles. The molecule has 0 aliphatic heterocycles. The third kappa shape index (κ3) is 2.79. The van der Waals surface area contributed by atoms with Crippen molar-refractivity contribution in [2.45, 2.75) is 19.4 Å². The van der Waals surface area contributed by atoms with Gasteiger partial charge in [0.15, 0.2) is 0 Å². The Hall–Kier alpha value is -3.05. The summed E-state index contributed by atoms with van der Waals surface area (Å²) in [5.74, 6) is 0. The molecule has 124 valence electrons. The summed E-state index contributed by atoms with van der Waals surface area (Å²) in [6.07, 6.45) is 7.18. The van der Waals surface area contributed by atoms with Crippen LogP contribution in [0.3, 0.4) is 0 Å². The molecule has 25 heavy (non-hydrogen) atoms. The van der Waals surface area contributed by atoms with E-state index in [-0.39, 0.29) is 5.54 Å². The Balaban J connectivity index is 1.83.